The number of aliphatic hydroxyl groups excluding tert-OH is 1. The van der Waals surface area contributed by atoms with Crippen molar-refractivity contribution in [3.8, 4) is 5.75 Å². The zero-order valence-electron chi connectivity index (χ0n) is 11.8. The standard InChI is InChI=1S/C14H17F5O2/c1-12(2,3)21-10-6-4-9(5-7-10)11(20)8-13(15,16)14(17,18)19/h4-7,11,20H,8H2,1-3H3. The Labute approximate surface area is 119 Å². The average molecular weight is 312 g/mol. The van der Waals surface area contributed by atoms with Crippen LogP contribution in [-0.4, -0.2) is 22.8 Å². The Hall–Kier alpha value is -1.37. The first-order valence-electron chi connectivity index (χ1n) is 6.23. The molecule has 0 aliphatic carbocycles. The molecule has 0 amide bonds. The van der Waals surface area contributed by atoms with E-state index in [1.165, 1.54) is 24.3 Å². The second kappa shape index (κ2) is 5.79. The van der Waals surface area contributed by atoms with Gasteiger partial charge < -0.3 is 9.84 Å². The number of hydrogen-bond acceptors (Lipinski definition) is 2. The summed E-state index contributed by atoms with van der Waals surface area (Å²) in [6.07, 6.45) is -9.30. The Morgan fingerprint density at radius 1 is 1.00 bits per heavy atom. The van der Waals surface area contributed by atoms with E-state index in [9.17, 15) is 27.1 Å². The van der Waals surface area contributed by atoms with Gasteiger partial charge in [-0.25, -0.2) is 0 Å². The Morgan fingerprint density at radius 2 is 1.48 bits per heavy atom. The van der Waals surface area contributed by atoms with E-state index in [0.717, 1.165) is 0 Å². The van der Waals surface area contributed by atoms with E-state index in [1.807, 2.05) is 0 Å². The molecule has 2 nitrogen and oxygen atoms in total. The van der Waals surface area contributed by atoms with Gasteiger partial charge in [-0.05, 0) is 38.5 Å². The van der Waals surface area contributed by atoms with Gasteiger partial charge in [-0.2, -0.15) is 22.0 Å². The van der Waals surface area contributed by atoms with Crippen molar-refractivity contribution in [3.05, 3.63) is 29.8 Å². The molecular weight excluding hydrogens is 295 g/mol. The summed E-state index contributed by atoms with van der Waals surface area (Å²) in [6.45, 7) is 5.42. The second-order valence-corrected chi connectivity index (χ2v) is 5.71. The van der Waals surface area contributed by atoms with Gasteiger partial charge in [0.25, 0.3) is 0 Å². The van der Waals surface area contributed by atoms with Gasteiger partial charge >= 0.3 is 12.1 Å². The number of rotatable bonds is 4. The summed E-state index contributed by atoms with van der Waals surface area (Å²) in [6, 6.07) is 5.35. The van der Waals surface area contributed by atoms with Crippen LogP contribution in [0.4, 0.5) is 22.0 Å². The maximum absolute atomic E-state index is 12.9. The molecule has 0 aromatic heterocycles. The largest absolute Gasteiger partial charge is 0.488 e. The van der Waals surface area contributed by atoms with Crippen molar-refractivity contribution in [2.45, 2.75) is 51.0 Å². The van der Waals surface area contributed by atoms with Gasteiger partial charge in [0, 0.05) is 0 Å². The molecule has 7 heteroatoms. The van der Waals surface area contributed by atoms with Gasteiger partial charge in [0.05, 0.1) is 12.5 Å². The highest BCUT2D eigenvalue weighted by atomic mass is 19.4. The number of ether oxygens (including phenoxy) is 1. The van der Waals surface area contributed by atoms with Gasteiger partial charge in [-0.15, -0.1) is 0 Å². The minimum Gasteiger partial charge on any atom is -0.488 e. The SMILES string of the molecule is CC(C)(C)Oc1ccc(C(O)CC(F)(F)C(F)(F)F)cc1. The van der Waals surface area contributed by atoms with Crippen LogP contribution in [0.2, 0.25) is 0 Å². The van der Waals surface area contributed by atoms with Crippen LogP contribution in [-0.2, 0) is 0 Å². The van der Waals surface area contributed by atoms with Crippen LogP contribution in [0.25, 0.3) is 0 Å². The molecule has 0 aliphatic rings. The number of benzene rings is 1. The molecule has 0 saturated heterocycles. The topological polar surface area (TPSA) is 29.5 Å². The molecule has 1 unspecified atom stereocenters. The molecule has 1 aromatic rings. The molecule has 21 heavy (non-hydrogen) atoms. The zero-order chi connectivity index (χ0) is 16.5. The number of hydrogen-bond donors (Lipinski definition) is 1. The van der Waals surface area contributed by atoms with E-state index in [2.05, 4.69) is 0 Å². The molecule has 0 aliphatic heterocycles. The van der Waals surface area contributed by atoms with Gasteiger partial charge in [-0.1, -0.05) is 12.1 Å². The smallest absolute Gasteiger partial charge is 0.453 e. The lowest BCUT2D eigenvalue weighted by Crippen LogP contribution is -2.37. The highest BCUT2D eigenvalue weighted by Gasteiger charge is 2.58. The molecule has 120 valence electrons. The Bertz CT molecular complexity index is 460. The van der Waals surface area contributed by atoms with E-state index in [4.69, 9.17) is 4.74 Å². The van der Waals surface area contributed by atoms with Gasteiger partial charge in [0.1, 0.15) is 11.4 Å². The molecule has 0 fully saturated rings. The minimum absolute atomic E-state index is 0.0276. The molecular formula is C14H17F5O2. The fourth-order valence-electron chi connectivity index (χ4n) is 1.59. The summed E-state index contributed by atoms with van der Waals surface area (Å²) in [5.74, 6) is -4.51. The first kappa shape index (κ1) is 17.7. The summed E-state index contributed by atoms with van der Waals surface area (Å²) < 4.78 is 67.4. The van der Waals surface area contributed by atoms with Crippen LogP contribution in [0.1, 0.15) is 38.9 Å². The summed E-state index contributed by atoms with van der Waals surface area (Å²) in [7, 11) is 0. The Kier molecular flexibility index (Phi) is 4.87. The third kappa shape index (κ3) is 5.15. The van der Waals surface area contributed by atoms with Crippen LogP contribution in [0.3, 0.4) is 0 Å². The van der Waals surface area contributed by atoms with Crippen LogP contribution in [0, 0.1) is 0 Å². The average Bonchev–Trinajstić information content (AvgIpc) is 2.25. The Morgan fingerprint density at radius 3 is 1.86 bits per heavy atom. The Balaban J connectivity index is 2.78. The van der Waals surface area contributed by atoms with Crippen LogP contribution in [0.15, 0.2) is 24.3 Å². The highest BCUT2D eigenvalue weighted by molar-refractivity contribution is 5.29. The molecule has 0 spiro atoms. The van der Waals surface area contributed by atoms with Crippen LogP contribution in [0.5, 0.6) is 5.75 Å². The lowest BCUT2D eigenvalue weighted by Gasteiger charge is -2.23. The van der Waals surface area contributed by atoms with Crippen molar-refractivity contribution >= 4 is 0 Å². The molecule has 1 rings (SSSR count). The number of alkyl halides is 5. The van der Waals surface area contributed by atoms with Crippen molar-refractivity contribution in [2.75, 3.05) is 0 Å². The third-order valence-corrected chi connectivity index (χ3v) is 2.55. The number of halogens is 5. The first-order chi connectivity index (χ1) is 9.32. The van der Waals surface area contributed by atoms with E-state index in [-0.39, 0.29) is 5.56 Å². The summed E-state index contributed by atoms with van der Waals surface area (Å²) in [5, 5.41) is 9.52. The molecule has 1 aromatic carbocycles. The monoisotopic (exact) mass is 312 g/mol. The highest BCUT2D eigenvalue weighted by Crippen LogP contribution is 2.41. The zero-order valence-corrected chi connectivity index (χ0v) is 11.8. The second-order valence-electron chi connectivity index (χ2n) is 5.71. The predicted molar refractivity (Wildman–Crippen MR) is 67.4 cm³/mol. The van der Waals surface area contributed by atoms with E-state index in [0.29, 0.717) is 5.75 Å². The van der Waals surface area contributed by atoms with E-state index < -0.39 is 30.2 Å². The van der Waals surface area contributed by atoms with Gasteiger partial charge in [0.15, 0.2) is 0 Å². The fourth-order valence-corrected chi connectivity index (χ4v) is 1.59. The maximum Gasteiger partial charge on any atom is 0.453 e. The fraction of sp³-hybridized carbons (Fsp3) is 0.571. The van der Waals surface area contributed by atoms with Crippen LogP contribution >= 0.6 is 0 Å². The summed E-state index contributed by atoms with van der Waals surface area (Å²) in [4.78, 5) is 0. The lowest BCUT2D eigenvalue weighted by atomic mass is 10.0. The first-order valence-corrected chi connectivity index (χ1v) is 6.23. The lowest BCUT2D eigenvalue weighted by molar-refractivity contribution is -0.290. The predicted octanol–water partition coefficient (Wildman–Crippen LogP) is 4.49. The summed E-state index contributed by atoms with van der Waals surface area (Å²) >= 11 is 0. The van der Waals surface area contributed by atoms with E-state index in [1.54, 1.807) is 20.8 Å². The molecule has 0 radical (unpaired) electrons. The van der Waals surface area contributed by atoms with Crippen molar-refractivity contribution in [1.29, 1.82) is 0 Å². The number of aliphatic hydroxyl groups is 1. The van der Waals surface area contributed by atoms with Crippen molar-refractivity contribution in [1.82, 2.24) is 0 Å². The van der Waals surface area contributed by atoms with E-state index >= 15 is 0 Å². The van der Waals surface area contributed by atoms with Gasteiger partial charge in [0.2, 0.25) is 0 Å². The molecule has 0 saturated carbocycles. The quantitative estimate of drug-likeness (QED) is 0.830. The molecule has 1 atom stereocenters. The van der Waals surface area contributed by atoms with Crippen LogP contribution < -0.4 is 4.74 Å². The van der Waals surface area contributed by atoms with Gasteiger partial charge in [-0.3, -0.25) is 0 Å². The van der Waals surface area contributed by atoms with Crippen molar-refractivity contribution in [2.24, 2.45) is 0 Å². The molecule has 1 N–H and O–H groups in total. The summed E-state index contributed by atoms with van der Waals surface area (Å²) in [5.41, 5.74) is -0.496. The van der Waals surface area contributed by atoms with Crippen molar-refractivity contribution in [3.63, 3.8) is 0 Å². The van der Waals surface area contributed by atoms with Crippen molar-refractivity contribution < 1.29 is 31.8 Å². The maximum atomic E-state index is 12.9. The molecule has 0 heterocycles. The molecule has 0 bridgehead atoms. The normalized spacial score (nSPS) is 14.9. The minimum atomic E-state index is -5.68. The third-order valence-electron chi connectivity index (χ3n) is 2.55.